The van der Waals surface area contributed by atoms with Gasteiger partial charge in [-0.15, -0.1) is 0 Å². The van der Waals surface area contributed by atoms with Crippen molar-refractivity contribution < 1.29 is 4.79 Å². The van der Waals surface area contributed by atoms with Crippen molar-refractivity contribution in [2.75, 3.05) is 26.2 Å². The number of likely N-dealkylation sites (tertiary alicyclic amines) is 2. The lowest BCUT2D eigenvalue weighted by Crippen LogP contribution is -2.50. The third-order valence-corrected chi connectivity index (χ3v) is 8.05. The van der Waals surface area contributed by atoms with E-state index in [0.717, 1.165) is 69.3 Å². The van der Waals surface area contributed by atoms with Crippen molar-refractivity contribution in [1.29, 1.82) is 0 Å². The van der Waals surface area contributed by atoms with Crippen molar-refractivity contribution in [2.24, 2.45) is 5.92 Å². The second-order valence-corrected chi connectivity index (χ2v) is 9.95. The van der Waals surface area contributed by atoms with Crippen LogP contribution in [-0.2, 0) is 17.8 Å². The number of nitrogens with zero attached hydrogens (tertiary/aromatic N) is 4. The number of hydrogen-bond acceptors (Lipinski definition) is 4. The van der Waals surface area contributed by atoms with Crippen LogP contribution in [0.3, 0.4) is 0 Å². The molecule has 0 spiro atoms. The number of carbonyl (C=O) groups excluding carboxylic acids is 1. The highest BCUT2D eigenvalue weighted by Crippen LogP contribution is 2.35. The van der Waals surface area contributed by atoms with Gasteiger partial charge in [0.15, 0.2) is 0 Å². The van der Waals surface area contributed by atoms with Gasteiger partial charge in [0.25, 0.3) is 5.56 Å². The van der Waals surface area contributed by atoms with E-state index in [-0.39, 0.29) is 17.4 Å². The van der Waals surface area contributed by atoms with Crippen LogP contribution in [0.1, 0.15) is 81.6 Å². The molecule has 1 saturated carbocycles. The Morgan fingerprint density at radius 2 is 1.83 bits per heavy atom. The van der Waals surface area contributed by atoms with Crippen LogP contribution < -0.4 is 5.56 Å². The summed E-state index contributed by atoms with van der Waals surface area (Å²) in [6.45, 7) is 3.97. The van der Waals surface area contributed by atoms with Gasteiger partial charge in [-0.1, -0.05) is 19.3 Å². The maximum Gasteiger partial charge on any atom is 0.253 e. The molecule has 3 fully saturated rings. The number of fused-ring (bicyclic) bond motifs is 2. The van der Waals surface area contributed by atoms with Crippen molar-refractivity contribution in [3.05, 3.63) is 27.9 Å². The van der Waals surface area contributed by atoms with Crippen molar-refractivity contribution >= 4 is 5.91 Å². The lowest BCUT2D eigenvalue weighted by atomic mass is 9.78. The number of aryl methyl sites for hydroxylation is 1. The smallest absolute Gasteiger partial charge is 0.253 e. The zero-order valence-electron chi connectivity index (χ0n) is 18.2. The van der Waals surface area contributed by atoms with Gasteiger partial charge in [-0.05, 0) is 57.4 Å². The Morgan fingerprint density at radius 3 is 2.77 bits per heavy atom. The summed E-state index contributed by atoms with van der Waals surface area (Å²) in [5, 5.41) is 0. The van der Waals surface area contributed by atoms with E-state index in [1.165, 1.54) is 44.9 Å². The molecule has 1 aliphatic carbocycles. The number of aromatic nitrogens is 2. The Labute approximate surface area is 179 Å². The third kappa shape index (κ3) is 4.08. The van der Waals surface area contributed by atoms with Crippen LogP contribution in [0.5, 0.6) is 0 Å². The Hall–Kier alpha value is -1.69. The average molecular weight is 413 g/mol. The first kappa shape index (κ1) is 20.2. The topological polar surface area (TPSA) is 58.4 Å². The van der Waals surface area contributed by atoms with Crippen LogP contribution in [-0.4, -0.2) is 57.5 Å². The highest BCUT2D eigenvalue weighted by atomic mass is 16.2. The molecule has 0 radical (unpaired) electrons. The number of amides is 1. The molecule has 1 amide bonds. The fourth-order valence-electron chi connectivity index (χ4n) is 6.37. The molecule has 0 unspecified atom stereocenters. The second kappa shape index (κ2) is 8.81. The van der Waals surface area contributed by atoms with Crippen LogP contribution in [0.2, 0.25) is 0 Å². The Morgan fingerprint density at radius 1 is 0.967 bits per heavy atom. The summed E-state index contributed by atoms with van der Waals surface area (Å²) in [4.78, 5) is 35.2. The third-order valence-electron chi connectivity index (χ3n) is 8.05. The molecule has 0 N–H and O–H groups in total. The van der Waals surface area contributed by atoms with Gasteiger partial charge in [0.2, 0.25) is 5.91 Å². The summed E-state index contributed by atoms with van der Waals surface area (Å²) < 4.78 is 1.87. The molecule has 4 heterocycles. The van der Waals surface area contributed by atoms with Gasteiger partial charge in [-0.2, -0.15) is 0 Å². The normalized spacial score (nSPS) is 29.9. The van der Waals surface area contributed by atoms with E-state index in [1.54, 1.807) is 6.07 Å². The van der Waals surface area contributed by atoms with Crippen LogP contribution in [0.15, 0.2) is 10.9 Å². The minimum absolute atomic E-state index is 0.0957. The summed E-state index contributed by atoms with van der Waals surface area (Å²) in [5.74, 6) is 2.25. The van der Waals surface area contributed by atoms with E-state index in [9.17, 15) is 9.59 Å². The first-order chi connectivity index (χ1) is 14.7. The van der Waals surface area contributed by atoms with Gasteiger partial charge in [-0.25, -0.2) is 4.98 Å². The molecule has 3 atom stereocenters. The van der Waals surface area contributed by atoms with Crippen LogP contribution in [0.25, 0.3) is 0 Å². The minimum Gasteiger partial charge on any atom is -0.341 e. The SMILES string of the molecule is O=C(CN1CCC[C@H]2CCCC[C@@H]21)N1CC[C@@H](c2cc(=O)n3c(n2)CCCCC3)C1. The van der Waals surface area contributed by atoms with Gasteiger partial charge in [0.05, 0.1) is 12.2 Å². The quantitative estimate of drug-likeness (QED) is 0.766. The van der Waals surface area contributed by atoms with Crippen molar-refractivity contribution in [1.82, 2.24) is 19.4 Å². The monoisotopic (exact) mass is 412 g/mol. The van der Waals surface area contributed by atoms with Gasteiger partial charge in [0.1, 0.15) is 5.82 Å². The fourth-order valence-corrected chi connectivity index (χ4v) is 6.37. The summed E-state index contributed by atoms with van der Waals surface area (Å²) >= 11 is 0. The maximum absolute atomic E-state index is 13.1. The first-order valence-corrected chi connectivity index (χ1v) is 12.3. The predicted octanol–water partition coefficient (Wildman–Crippen LogP) is 2.94. The van der Waals surface area contributed by atoms with E-state index in [2.05, 4.69) is 4.90 Å². The summed E-state index contributed by atoms with van der Waals surface area (Å²) in [5.41, 5.74) is 1.01. The van der Waals surface area contributed by atoms with Gasteiger partial charge in [-0.3, -0.25) is 19.1 Å². The molecule has 0 bridgehead atoms. The molecular formula is C24H36N4O2. The number of carbonyl (C=O) groups is 1. The molecule has 30 heavy (non-hydrogen) atoms. The minimum atomic E-state index is 0.0957. The largest absolute Gasteiger partial charge is 0.341 e. The Balaban J connectivity index is 1.23. The van der Waals surface area contributed by atoms with E-state index in [4.69, 9.17) is 4.98 Å². The first-order valence-electron chi connectivity index (χ1n) is 12.3. The van der Waals surface area contributed by atoms with Crippen LogP contribution in [0.4, 0.5) is 0 Å². The summed E-state index contributed by atoms with van der Waals surface area (Å²) in [7, 11) is 0. The molecule has 0 aromatic carbocycles. The molecule has 6 nitrogen and oxygen atoms in total. The van der Waals surface area contributed by atoms with Crippen LogP contribution in [0, 0.1) is 5.92 Å². The highest BCUT2D eigenvalue weighted by molar-refractivity contribution is 5.78. The maximum atomic E-state index is 13.1. The number of hydrogen-bond donors (Lipinski definition) is 0. The zero-order valence-corrected chi connectivity index (χ0v) is 18.2. The van der Waals surface area contributed by atoms with Gasteiger partial charge in [0, 0.05) is 44.1 Å². The summed E-state index contributed by atoms with van der Waals surface area (Å²) in [6.07, 6.45) is 13.1. The highest BCUT2D eigenvalue weighted by Gasteiger charge is 2.36. The standard InChI is InChI=1S/C24H36N4O2/c29-23-15-20(25-22-10-2-1-5-13-28(22)23)19-11-14-27(16-19)24(30)17-26-12-6-8-18-7-3-4-9-21(18)26/h15,18-19,21H,1-14,16-17H2/t18-,19-,21+/m1/s1. The molecule has 1 aromatic heterocycles. The molecule has 4 aliphatic rings. The Bertz CT molecular complexity index is 833. The van der Waals surface area contributed by atoms with Gasteiger partial charge < -0.3 is 4.90 Å². The molecule has 1 aromatic rings. The molecule has 3 aliphatic heterocycles. The lowest BCUT2D eigenvalue weighted by molar-refractivity contribution is -0.133. The van der Waals surface area contributed by atoms with E-state index < -0.39 is 0 Å². The fraction of sp³-hybridized carbons (Fsp3) is 0.792. The van der Waals surface area contributed by atoms with Crippen LogP contribution >= 0.6 is 0 Å². The van der Waals surface area contributed by atoms with E-state index in [1.807, 2.05) is 9.47 Å². The second-order valence-electron chi connectivity index (χ2n) is 9.95. The molecule has 2 saturated heterocycles. The lowest BCUT2D eigenvalue weighted by Gasteiger charge is -2.44. The molecule has 6 heteroatoms. The Kier molecular flexibility index (Phi) is 5.94. The molecule has 164 valence electrons. The van der Waals surface area contributed by atoms with E-state index in [0.29, 0.717) is 12.6 Å². The van der Waals surface area contributed by atoms with Crippen molar-refractivity contribution in [3.8, 4) is 0 Å². The average Bonchev–Trinajstić information content (AvgIpc) is 3.13. The number of piperidine rings is 1. The van der Waals surface area contributed by atoms with Crippen molar-refractivity contribution in [2.45, 2.75) is 89.1 Å². The van der Waals surface area contributed by atoms with E-state index >= 15 is 0 Å². The molecule has 5 rings (SSSR count). The predicted molar refractivity (Wildman–Crippen MR) is 117 cm³/mol. The summed E-state index contributed by atoms with van der Waals surface area (Å²) in [6, 6.07) is 2.37. The van der Waals surface area contributed by atoms with Crippen molar-refractivity contribution in [3.63, 3.8) is 0 Å². The molecular weight excluding hydrogens is 376 g/mol. The zero-order chi connectivity index (χ0) is 20.5. The van der Waals surface area contributed by atoms with Gasteiger partial charge >= 0.3 is 0 Å². The number of rotatable bonds is 3.